The molecule has 0 bridgehead atoms. The van der Waals surface area contributed by atoms with Crippen molar-refractivity contribution in [3.8, 4) is 0 Å². The number of hydrogen-bond acceptors (Lipinski definition) is 2. The summed E-state index contributed by atoms with van der Waals surface area (Å²) in [5.41, 5.74) is -0.0211. The number of urea groups is 1. The van der Waals surface area contributed by atoms with Crippen molar-refractivity contribution in [1.29, 1.82) is 0 Å². The number of carbonyl (C=O) groups is 2. The maximum absolute atomic E-state index is 12.1. The second-order valence-corrected chi connectivity index (χ2v) is 7.65. The van der Waals surface area contributed by atoms with Crippen LogP contribution < -0.4 is 10.6 Å². The zero-order valence-corrected chi connectivity index (χ0v) is 13.7. The molecule has 5 nitrogen and oxygen atoms in total. The van der Waals surface area contributed by atoms with E-state index in [0.717, 1.165) is 19.3 Å². The molecule has 1 fully saturated rings. The van der Waals surface area contributed by atoms with Gasteiger partial charge in [-0.05, 0) is 30.6 Å². The molecule has 3 N–H and O–H groups in total. The highest BCUT2D eigenvalue weighted by atomic mass is 16.4. The Morgan fingerprint density at radius 1 is 1.29 bits per heavy atom. The average Bonchev–Trinajstić information content (AvgIpc) is 2.24. The highest BCUT2D eigenvalue weighted by Crippen LogP contribution is 2.24. The Morgan fingerprint density at radius 2 is 1.95 bits per heavy atom. The van der Waals surface area contributed by atoms with Crippen LogP contribution in [0.2, 0.25) is 0 Å². The number of carboxylic acids is 1. The molecule has 0 radical (unpaired) electrons. The molecule has 1 aliphatic carbocycles. The van der Waals surface area contributed by atoms with Crippen LogP contribution in [0.4, 0.5) is 4.79 Å². The monoisotopic (exact) mass is 298 g/mol. The van der Waals surface area contributed by atoms with Gasteiger partial charge in [-0.3, -0.25) is 4.79 Å². The maximum Gasteiger partial charge on any atom is 0.315 e. The van der Waals surface area contributed by atoms with Crippen molar-refractivity contribution in [3.05, 3.63) is 0 Å². The largest absolute Gasteiger partial charge is 0.481 e. The molecule has 3 atom stereocenters. The quantitative estimate of drug-likeness (QED) is 0.729. The second-order valence-electron chi connectivity index (χ2n) is 7.65. The number of hydrogen-bond donors (Lipinski definition) is 3. The predicted octanol–water partition coefficient (Wildman–Crippen LogP) is 3.14. The maximum atomic E-state index is 12.1. The van der Waals surface area contributed by atoms with Crippen LogP contribution in [0.25, 0.3) is 0 Å². The van der Waals surface area contributed by atoms with Crippen LogP contribution in [0, 0.1) is 11.3 Å². The van der Waals surface area contributed by atoms with Crippen molar-refractivity contribution in [3.63, 3.8) is 0 Å². The minimum atomic E-state index is -0.879. The van der Waals surface area contributed by atoms with Gasteiger partial charge in [0, 0.05) is 12.1 Å². The predicted molar refractivity (Wildman–Crippen MR) is 83.2 cm³/mol. The Hall–Kier alpha value is -1.26. The van der Waals surface area contributed by atoms with Crippen LogP contribution in [-0.2, 0) is 4.79 Å². The van der Waals surface area contributed by atoms with Crippen molar-refractivity contribution in [2.75, 3.05) is 0 Å². The fraction of sp³-hybridized carbons (Fsp3) is 0.875. The van der Waals surface area contributed by atoms with Gasteiger partial charge in [0.05, 0.1) is 6.42 Å². The van der Waals surface area contributed by atoms with Crippen molar-refractivity contribution in [2.45, 2.75) is 78.3 Å². The summed E-state index contributed by atoms with van der Waals surface area (Å²) >= 11 is 0. The molecule has 1 aliphatic rings. The molecule has 0 aromatic heterocycles. The summed E-state index contributed by atoms with van der Waals surface area (Å²) in [6, 6.07) is -0.345. The van der Waals surface area contributed by atoms with Crippen LogP contribution in [-0.4, -0.2) is 29.2 Å². The normalized spacial score (nSPS) is 24.2. The first-order chi connectivity index (χ1) is 9.65. The average molecular weight is 298 g/mol. The molecule has 21 heavy (non-hydrogen) atoms. The van der Waals surface area contributed by atoms with Gasteiger partial charge in [-0.2, -0.15) is 0 Å². The van der Waals surface area contributed by atoms with Gasteiger partial charge in [0.25, 0.3) is 0 Å². The van der Waals surface area contributed by atoms with E-state index in [-0.39, 0.29) is 30.0 Å². The number of aliphatic carboxylic acids is 1. The van der Waals surface area contributed by atoms with Gasteiger partial charge in [0.1, 0.15) is 0 Å². The molecule has 0 aromatic rings. The molecule has 0 spiro atoms. The second kappa shape index (κ2) is 7.66. The van der Waals surface area contributed by atoms with Crippen LogP contribution >= 0.6 is 0 Å². The van der Waals surface area contributed by atoms with Crippen molar-refractivity contribution < 1.29 is 14.7 Å². The van der Waals surface area contributed by atoms with Crippen molar-refractivity contribution in [1.82, 2.24) is 10.6 Å². The van der Waals surface area contributed by atoms with E-state index in [1.54, 1.807) is 0 Å². The third-order valence-electron chi connectivity index (χ3n) is 3.89. The minimum absolute atomic E-state index is 0.0211. The van der Waals surface area contributed by atoms with Crippen LogP contribution in [0.15, 0.2) is 0 Å². The first kappa shape index (κ1) is 17.8. The third-order valence-corrected chi connectivity index (χ3v) is 3.89. The lowest BCUT2D eigenvalue weighted by Crippen LogP contribution is -2.48. The fourth-order valence-electron chi connectivity index (χ4n) is 3.10. The van der Waals surface area contributed by atoms with Crippen LogP contribution in [0.1, 0.15) is 66.2 Å². The number of carboxylic acid groups (broad SMARTS) is 1. The molecule has 0 saturated heterocycles. The minimum Gasteiger partial charge on any atom is -0.481 e. The lowest BCUT2D eigenvalue weighted by atomic mass is 9.86. The molecule has 0 aromatic carbocycles. The van der Waals surface area contributed by atoms with Gasteiger partial charge in [0.2, 0.25) is 0 Å². The van der Waals surface area contributed by atoms with Gasteiger partial charge in [-0.25, -0.2) is 4.79 Å². The molecule has 0 aliphatic heterocycles. The zero-order valence-electron chi connectivity index (χ0n) is 13.7. The zero-order chi connectivity index (χ0) is 16.0. The molecule has 1 rings (SSSR count). The number of nitrogens with one attached hydrogen (secondary N) is 2. The first-order valence-electron chi connectivity index (χ1n) is 7.94. The summed E-state index contributed by atoms with van der Waals surface area (Å²) in [5, 5.41) is 14.8. The van der Waals surface area contributed by atoms with Crippen LogP contribution in [0.5, 0.6) is 0 Å². The molecular formula is C16H30N2O3. The van der Waals surface area contributed by atoms with Crippen LogP contribution in [0.3, 0.4) is 0 Å². The van der Waals surface area contributed by atoms with E-state index in [1.165, 1.54) is 6.42 Å². The van der Waals surface area contributed by atoms with E-state index in [9.17, 15) is 9.59 Å². The summed E-state index contributed by atoms with van der Waals surface area (Å²) < 4.78 is 0. The Kier molecular flexibility index (Phi) is 6.49. The Balaban J connectivity index is 2.48. The Labute approximate surface area is 127 Å². The summed E-state index contributed by atoms with van der Waals surface area (Å²) in [5.74, 6) is -0.232. The standard InChI is InChI=1S/C16H30N2O3/c1-11-6-5-7-12(8-11)17-15(21)18-13(9-14(19)20)10-16(2,3)4/h11-13H,5-10H2,1-4H3,(H,19,20)(H2,17,18,21). The molecule has 5 heteroatoms. The smallest absolute Gasteiger partial charge is 0.315 e. The topological polar surface area (TPSA) is 78.4 Å². The van der Waals surface area contributed by atoms with Crippen molar-refractivity contribution >= 4 is 12.0 Å². The van der Waals surface area contributed by atoms with E-state index in [4.69, 9.17) is 5.11 Å². The van der Waals surface area contributed by atoms with Gasteiger partial charge in [-0.1, -0.05) is 40.5 Å². The lowest BCUT2D eigenvalue weighted by molar-refractivity contribution is -0.137. The van der Waals surface area contributed by atoms with E-state index in [0.29, 0.717) is 12.3 Å². The first-order valence-corrected chi connectivity index (χ1v) is 7.94. The highest BCUT2D eigenvalue weighted by Gasteiger charge is 2.25. The van der Waals surface area contributed by atoms with Gasteiger partial charge >= 0.3 is 12.0 Å². The number of carbonyl (C=O) groups excluding carboxylic acids is 1. The SMILES string of the molecule is CC1CCCC(NC(=O)NC(CC(=O)O)CC(C)(C)C)C1. The fourth-order valence-corrected chi connectivity index (χ4v) is 3.10. The molecule has 3 unspecified atom stereocenters. The Bertz CT molecular complexity index is 363. The number of amides is 2. The molecular weight excluding hydrogens is 268 g/mol. The van der Waals surface area contributed by atoms with Gasteiger partial charge < -0.3 is 15.7 Å². The summed E-state index contributed by atoms with van der Waals surface area (Å²) in [6.45, 7) is 8.34. The molecule has 122 valence electrons. The highest BCUT2D eigenvalue weighted by molar-refractivity contribution is 5.76. The van der Waals surface area contributed by atoms with Crippen molar-refractivity contribution in [2.24, 2.45) is 11.3 Å². The summed E-state index contributed by atoms with van der Waals surface area (Å²) in [4.78, 5) is 23.0. The summed E-state index contributed by atoms with van der Waals surface area (Å²) in [7, 11) is 0. The molecule has 2 amide bonds. The molecule has 0 heterocycles. The van der Waals surface area contributed by atoms with E-state index < -0.39 is 5.97 Å². The van der Waals surface area contributed by atoms with E-state index in [2.05, 4.69) is 17.6 Å². The number of rotatable bonds is 5. The molecule has 1 saturated carbocycles. The van der Waals surface area contributed by atoms with Gasteiger partial charge in [0.15, 0.2) is 0 Å². The third kappa shape index (κ3) is 7.93. The lowest BCUT2D eigenvalue weighted by Gasteiger charge is -2.30. The van der Waals surface area contributed by atoms with E-state index >= 15 is 0 Å². The van der Waals surface area contributed by atoms with Gasteiger partial charge in [-0.15, -0.1) is 0 Å². The Morgan fingerprint density at radius 3 is 2.48 bits per heavy atom. The van der Waals surface area contributed by atoms with E-state index in [1.807, 2.05) is 20.8 Å². The summed E-state index contributed by atoms with van der Waals surface area (Å²) in [6.07, 6.45) is 5.01.